The molecule has 0 radical (unpaired) electrons. The highest BCUT2D eigenvalue weighted by Gasteiger charge is 2.17. The molecule has 3 aromatic carbocycles. The highest BCUT2D eigenvalue weighted by molar-refractivity contribution is 7.92. The number of rotatable bonds is 7. The van der Waals surface area contributed by atoms with Gasteiger partial charge in [0.25, 0.3) is 15.9 Å². The molecule has 0 saturated carbocycles. The molecule has 4 rings (SSSR count). The van der Waals surface area contributed by atoms with Crippen molar-refractivity contribution in [2.24, 2.45) is 0 Å². The third kappa shape index (κ3) is 5.15. The fourth-order valence-corrected chi connectivity index (χ4v) is 4.59. The van der Waals surface area contributed by atoms with Gasteiger partial charge in [0.1, 0.15) is 11.6 Å². The van der Waals surface area contributed by atoms with E-state index in [1.54, 1.807) is 54.2 Å². The number of hydrogen-bond acceptors (Lipinski definition) is 4. The fraction of sp³-hybridized carbons (Fsp3) is 0.120. The molecule has 4 aromatic rings. The Morgan fingerprint density at radius 2 is 1.82 bits per heavy atom. The monoisotopic (exact) mass is 478 g/mol. The Hall–Kier alpha value is -3.98. The van der Waals surface area contributed by atoms with Crippen LogP contribution in [0, 0.1) is 19.7 Å². The maximum Gasteiger partial charge on any atom is 0.261 e. The summed E-state index contributed by atoms with van der Waals surface area (Å²) in [6.07, 6.45) is 3.26. The molecule has 0 spiro atoms. The summed E-state index contributed by atoms with van der Waals surface area (Å²) in [6, 6.07) is 17.4. The van der Waals surface area contributed by atoms with Crippen molar-refractivity contribution in [3.05, 3.63) is 107 Å². The molecule has 0 unspecified atom stereocenters. The Kier molecular flexibility index (Phi) is 6.47. The second-order valence-electron chi connectivity index (χ2n) is 7.82. The molecule has 2 N–H and O–H groups in total. The highest BCUT2D eigenvalue weighted by atomic mass is 32.2. The molecule has 1 aromatic heterocycles. The first-order valence-corrected chi connectivity index (χ1v) is 12.0. The van der Waals surface area contributed by atoms with Gasteiger partial charge in [-0.05, 0) is 67.4 Å². The molecule has 0 aliphatic rings. The number of hydrogen-bond donors (Lipinski definition) is 2. The summed E-state index contributed by atoms with van der Waals surface area (Å²) in [5, 5.41) is 2.70. The fourth-order valence-electron chi connectivity index (χ4n) is 3.50. The topological polar surface area (TPSA) is 93.1 Å². The summed E-state index contributed by atoms with van der Waals surface area (Å²) in [6.45, 7) is 3.72. The maximum atomic E-state index is 14.6. The summed E-state index contributed by atoms with van der Waals surface area (Å²) in [7, 11) is -3.88. The molecule has 0 atom stereocenters. The Labute approximate surface area is 197 Å². The number of aryl methyl sites for hydroxylation is 2. The lowest BCUT2D eigenvalue weighted by Crippen LogP contribution is -2.23. The molecule has 0 fully saturated rings. The number of anilines is 1. The Balaban J connectivity index is 1.45. The summed E-state index contributed by atoms with van der Waals surface area (Å²) in [5.74, 6) is -0.252. The first kappa shape index (κ1) is 23.2. The second kappa shape index (κ2) is 9.48. The molecule has 7 nitrogen and oxygen atoms in total. The molecule has 1 heterocycles. The normalized spacial score (nSPS) is 11.3. The van der Waals surface area contributed by atoms with Gasteiger partial charge in [-0.15, -0.1) is 0 Å². The van der Waals surface area contributed by atoms with E-state index in [1.165, 1.54) is 30.3 Å². The predicted molar refractivity (Wildman–Crippen MR) is 128 cm³/mol. The molecule has 0 bridgehead atoms. The van der Waals surface area contributed by atoms with Gasteiger partial charge >= 0.3 is 0 Å². The number of imidazole rings is 1. The average molecular weight is 479 g/mol. The van der Waals surface area contributed by atoms with E-state index in [-0.39, 0.29) is 17.0 Å². The molecule has 34 heavy (non-hydrogen) atoms. The molecule has 1 amide bonds. The second-order valence-corrected chi connectivity index (χ2v) is 9.50. The number of sulfonamides is 1. The lowest BCUT2D eigenvalue weighted by atomic mass is 10.1. The molecule has 0 aliphatic heterocycles. The number of benzene rings is 3. The van der Waals surface area contributed by atoms with E-state index in [0.717, 1.165) is 5.56 Å². The van der Waals surface area contributed by atoms with Crippen molar-refractivity contribution in [2.45, 2.75) is 25.3 Å². The number of amides is 1. The van der Waals surface area contributed by atoms with Gasteiger partial charge in [0, 0.05) is 30.2 Å². The first-order valence-electron chi connectivity index (χ1n) is 10.5. The standard InChI is InChI=1S/C25H23FN4O3S/c1-17-5-3-7-21(13-17)29-34(32,33)22-8-4-6-20(15-22)25(31)28-16-19-9-10-24(23(26)14-19)30-12-11-27-18(30)2/h3-15,29H,16H2,1-2H3,(H,28,31). The van der Waals surface area contributed by atoms with E-state index in [9.17, 15) is 17.6 Å². The number of halogens is 1. The van der Waals surface area contributed by atoms with Crippen molar-refractivity contribution in [2.75, 3.05) is 4.72 Å². The zero-order valence-corrected chi connectivity index (χ0v) is 19.4. The van der Waals surface area contributed by atoms with Crippen molar-refractivity contribution in [1.82, 2.24) is 14.9 Å². The average Bonchev–Trinajstić information content (AvgIpc) is 3.23. The summed E-state index contributed by atoms with van der Waals surface area (Å²) < 4.78 is 44.3. The van der Waals surface area contributed by atoms with Gasteiger partial charge in [0.05, 0.1) is 10.6 Å². The third-order valence-electron chi connectivity index (χ3n) is 5.23. The molecule has 0 aliphatic carbocycles. The SMILES string of the molecule is Cc1cccc(NS(=O)(=O)c2cccc(C(=O)NCc3ccc(-n4ccnc4C)c(F)c3)c2)c1. The van der Waals surface area contributed by atoms with Crippen LogP contribution in [-0.4, -0.2) is 23.9 Å². The van der Waals surface area contributed by atoms with Gasteiger partial charge < -0.3 is 9.88 Å². The van der Waals surface area contributed by atoms with E-state index in [1.807, 2.05) is 13.0 Å². The minimum atomic E-state index is -3.88. The Morgan fingerprint density at radius 1 is 1.03 bits per heavy atom. The summed E-state index contributed by atoms with van der Waals surface area (Å²) in [4.78, 5) is 16.7. The zero-order chi connectivity index (χ0) is 24.3. The Morgan fingerprint density at radius 3 is 2.53 bits per heavy atom. The molecule has 9 heteroatoms. The van der Waals surface area contributed by atoms with Gasteiger partial charge in [-0.1, -0.05) is 24.3 Å². The predicted octanol–water partition coefficient (Wildman–Crippen LogP) is 4.36. The minimum absolute atomic E-state index is 0.0345. The van der Waals surface area contributed by atoms with Crippen LogP contribution in [0.25, 0.3) is 5.69 Å². The van der Waals surface area contributed by atoms with E-state index in [0.29, 0.717) is 22.8 Å². The number of carbonyl (C=O) groups excluding carboxylic acids is 1. The van der Waals surface area contributed by atoms with Crippen molar-refractivity contribution in [3.8, 4) is 5.69 Å². The molecular formula is C25H23FN4O3S. The maximum absolute atomic E-state index is 14.6. The van der Waals surface area contributed by atoms with Gasteiger partial charge in [-0.2, -0.15) is 0 Å². The number of nitrogens with one attached hydrogen (secondary N) is 2. The highest BCUT2D eigenvalue weighted by Crippen LogP contribution is 2.19. The van der Waals surface area contributed by atoms with Crippen LogP contribution >= 0.6 is 0 Å². The van der Waals surface area contributed by atoms with Crippen molar-refractivity contribution in [1.29, 1.82) is 0 Å². The molecule has 174 valence electrons. The molecular weight excluding hydrogens is 455 g/mol. The van der Waals surface area contributed by atoms with Crippen molar-refractivity contribution < 1.29 is 17.6 Å². The number of nitrogens with zero attached hydrogens (tertiary/aromatic N) is 2. The lowest BCUT2D eigenvalue weighted by molar-refractivity contribution is 0.0950. The van der Waals surface area contributed by atoms with Crippen LogP contribution in [0.1, 0.15) is 27.3 Å². The van der Waals surface area contributed by atoms with Crippen LogP contribution in [0.15, 0.2) is 84.0 Å². The smallest absolute Gasteiger partial charge is 0.261 e. The summed E-state index contributed by atoms with van der Waals surface area (Å²) in [5.41, 5.74) is 2.46. The summed E-state index contributed by atoms with van der Waals surface area (Å²) >= 11 is 0. The third-order valence-corrected chi connectivity index (χ3v) is 6.61. The van der Waals surface area contributed by atoms with E-state index in [4.69, 9.17) is 0 Å². The van der Waals surface area contributed by atoms with E-state index in [2.05, 4.69) is 15.0 Å². The van der Waals surface area contributed by atoms with Gasteiger partial charge in [0.2, 0.25) is 0 Å². The van der Waals surface area contributed by atoms with Gasteiger partial charge in [0.15, 0.2) is 0 Å². The lowest BCUT2D eigenvalue weighted by Gasteiger charge is -2.11. The van der Waals surface area contributed by atoms with Crippen LogP contribution in [0.2, 0.25) is 0 Å². The van der Waals surface area contributed by atoms with Crippen LogP contribution in [0.4, 0.5) is 10.1 Å². The largest absolute Gasteiger partial charge is 0.348 e. The van der Waals surface area contributed by atoms with E-state index >= 15 is 0 Å². The van der Waals surface area contributed by atoms with Crippen LogP contribution in [0.5, 0.6) is 0 Å². The number of carbonyl (C=O) groups is 1. The van der Waals surface area contributed by atoms with Crippen molar-refractivity contribution >= 4 is 21.6 Å². The zero-order valence-electron chi connectivity index (χ0n) is 18.6. The Bertz CT molecular complexity index is 1460. The van der Waals surface area contributed by atoms with Crippen molar-refractivity contribution in [3.63, 3.8) is 0 Å². The van der Waals surface area contributed by atoms with Crippen LogP contribution in [0.3, 0.4) is 0 Å². The van der Waals surface area contributed by atoms with E-state index < -0.39 is 21.7 Å². The first-order chi connectivity index (χ1) is 16.2. The minimum Gasteiger partial charge on any atom is -0.348 e. The van der Waals surface area contributed by atoms with Gasteiger partial charge in [-0.3, -0.25) is 9.52 Å². The van der Waals surface area contributed by atoms with Crippen LogP contribution in [-0.2, 0) is 16.6 Å². The number of aromatic nitrogens is 2. The van der Waals surface area contributed by atoms with Gasteiger partial charge in [-0.25, -0.2) is 17.8 Å². The van der Waals surface area contributed by atoms with Crippen LogP contribution < -0.4 is 10.0 Å². The molecule has 0 saturated heterocycles. The quantitative estimate of drug-likeness (QED) is 0.413.